The Morgan fingerprint density at radius 2 is 0.826 bits per heavy atom. The standard InChI is InChI=1S/C43H25NS2/c44-26-34-20-28(27-8-2-1-3-9-27)14-17-35(34)33-22-31(29-15-18-42-38(24-29)36-10-4-6-12-40(36)45-42)21-32(23-33)30-16-19-43-39(25-30)37-11-5-7-13-41(37)46-43/h1-25H. The Hall–Kier alpha value is -5.53. The molecule has 0 spiro atoms. The Balaban J connectivity index is 1.26. The third-order valence-electron chi connectivity index (χ3n) is 8.91. The van der Waals surface area contributed by atoms with E-state index >= 15 is 0 Å². The molecular weight excluding hydrogens is 595 g/mol. The molecule has 7 aromatic carbocycles. The van der Waals surface area contributed by atoms with E-state index in [2.05, 4.69) is 133 Å². The van der Waals surface area contributed by atoms with Gasteiger partial charge in [-0.25, -0.2) is 0 Å². The van der Waals surface area contributed by atoms with Gasteiger partial charge in [-0.15, -0.1) is 22.7 Å². The zero-order valence-corrected chi connectivity index (χ0v) is 26.3. The van der Waals surface area contributed by atoms with Gasteiger partial charge in [-0.1, -0.05) is 91.0 Å². The molecule has 2 aromatic heterocycles. The van der Waals surface area contributed by atoms with Crippen LogP contribution >= 0.6 is 22.7 Å². The van der Waals surface area contributed by atoms with Crippen molar-refractivity contribution >= 4 is 63.0 Å². The van der Waals surface area contributed by atoms with Gasteiger partial charge < -0.3 is 0 Å². The van der Waals surface area contributed by atoms with E-state index in [1.807, 2.05) is 46.9 Å². The van der Waals surface area contributed by atoms with Crippen molar-refractivity contribution in [3.8, 4) is 50.6 Å². The predicted molar refractivity (Wildman–Crippen MR) is 199 cm³/mol. The SMILES string of the molecule is N#Cc1cc(-c2ccccc2)ccc1-c1cc(-c2ccc3sc4ccccc4c3c2)cc(-c2ccc3sc4ccccc4c3c2)c1. The molecule has 0 N–H and O–H groups in total. The molecule has 0 saturated heterocycles. The molecule has 0 atom stereocenters. The van der Waals surface area contributed by atoms with E-state index in [1.165, 1.54) is 51.5 Å². The van der Waals surface area contributed by atoms with E-state index in [9.17, 15) is 5.26 Å². The zero-order chi connectivity index (χ0) is 30.6. The number of rotatable bonds is 4. The van der Waals surface area contributed by atoms with Gasteiger partial charge in [-0.2, -0.15) is 5.26 Å². The fourth-order valence-electron chi connectivity index (χ4n) is 6.63. The molecule has 9 rings (SSSR count). The van der Waals surface area contributed by atoms with Crippen molar-refractivity contribution in [1.29, 1.82) is 5.26 Å². The van der Waals surface area contributed by atoms with Crippen LogP contribution in [-0.2, 0) is 0 Å². The zero-order valence-electron chi connectivity index (χ0n) is 24.7. The quantitative estimate of drug-likeness (QED) is 0.192. The number of hydrogen-bond donors (Lipinski definition) is 0. The average molecular weight is 620 g/mol. The number of fused-ring (bicyclic) bond motifs is 6. The number of nitriles is 1. The molecule has 46 heavy (non-hydrogen) atoms. The molecule has 0 amide bonds. The number of thiophene rings is 2. The normalized spacial score (nSPS) is 11.5. The number of nitrogens with zero attached hydrogens (tertiary/aromatic N) is 1. The van der Waals surface area contributed by atoms with Crippen LogP contribution in [0.15, 0.2) is 152 Å². The maximum absolute atomic E-state index is 10.4. The predicted octanol–water partition coefficient (Wildman–Crippen LogP) is 13.0. The summed E-state index contributed by atoms with van der Waals surface area (Å²) in [6, 6.07) is 56.7. The molecule has 1 nitrogen and oxygen atoms in total. The third kappa shape index (κ3) is 4.51. The minimum absolute atomic E-state index is 0.669. The second kappa shape index (κ2) is 10.8. The van der Waals surface area contributed by atoms with E-state index in [-0.39, 0.29) is 0 Å². The van der Waals surface area contributed by atoms with E-state index < -0.39 is 0 Å². The van der Waals surface area contributed by atoms with Crippen LogP contribution in [-0.4, -0.2) is 0 Å². The van der Waals surface area contributed by atoms with E-state index in [4.69, 9.17) is 0 Å². The molecule has 0 bridgehead atoms. The van der Waals surface area contributed by atoms with Crippen LogP contribution in [0, 0.1) is 11.3 Å². The van der Waals surface area contributed by atoms with Crippen molar-refractivity contribution in [2.24, 2.45) is 0 Å². The Morgan fingerprint density at radius 1 is 0.348 bits per heavy atom. The van der Waals surface area contributed by atoms with Gasteiger partial charge in [0, 0.05) is 40.3 Å². The molecule has 0 fully saturated rings. The van der Waals surface area contributed by atoms with Gasteiger partial charge in [0.25, 0.3) is 0 Å². The number of hydrogen-bond acceptors (Lipinski definition) is 3. The molecule has 0 aliphatic heterocycles. The Bertz CT molecular complexity index is 2520. The van der Waals surface area contributed by atoms with Crippen LogP contribution < -0.4 is 0 Å². The highest BCUT2D eigenvalue weighted by Crippen LogP contribution is 2.41. The van der Waals surface area contributed by atoms with Crippen molar-refractivity contribution in [3.05, 3.63) is 157 Å². The molecule has 0 unspecified atom stereocenters. The summed E-state index contributed by atoms with van der Waals surface area (Å²) in [6.07, 6.45) is 0. The van der Waals surface area contributed by atoms with Crippen molar-refractivity contribution in [1.82, 2.24) is 0 Å². The molecule has 3 heteroatoms. The lowest BCUT2D eigenvalue weighted by Gasteiger charge is -2.14. The second-order valence-corrected chi connectivity index (χ2v) is 13.8. The molecule has 2 heterocycles. The molecule has 0 radical (unpaired) electrons. The molecule has 9 aromatic rings. The van der Waals surface area contributed by atoms with E-state index in [1.54, 1.807) is 0 Å². The molecular formula is C43H25NS2. The fourth-order valence-corrected chi connectivity index (χ4v) is 8.80. The summed E-state index contributed by atoms with van der Waals surface area (Å²) < 4.78 is 5.19. The Morgan fingerprint density at radius 3 is 1.41 bits per heavy atom. The van der Waals surface area contributed by atoms with Crippen LogP contribution in [0.1, 0.15) is 5.56 Å². The average Bonchev–Trinajstić information content (AvgIpc) is 3.69. The largest absolute Gasteiger partial charge is 0.192 e. The summed E-state index contributed by atoms with van der Waals surface area (Å²) in [5.41, 5.74) is 9.40. The second-order valence-electron chi connectivity index (χ2n) is 11.7. The molecule has 0 aliphatic rings. The van der Waals surface area contributed by atoms with Crippen LogP contribution in [0.2, 0.25) is 0 Å². The minimum Gasteiger partial charge on any atom is -0.192 e. The van der Waals surface area contributed by atoms with Gasteiger partial charge in [0.1, 0.15) is 0 Å². The summed E-state index contributed by atoms with van der Waals surface area (Å²) >= 11 is 3.68. The summed E-state index contributed by atoms with van der Waals surface area (Å²) in [4.78, 5) is 0. The van der Waals surface area contributed by atoms with Gasteiger partial charge in [-0.05, 0) is 105 Å². The monoisotopic (exact) mass is 619 g/mol. The van der Waals surface area contributed by atoms with Crippen LogP contribution in [0.4, 0.5) is 0 Å². The first-order chi connectivity index (χ1) is 22.7. The summed E-state index contributed by atoms with van der Waals surface area (Å²) in [5.74, 6) is 0. The van der Waals surface area contributed by atoms with Crippen molar-refractivity contribution in [2.75, 3.05) is 0 Å². The van der Waals surface area contributed by atoms with Gasteiger partial charge in [0.2, 0.25) is 0 Å². The summed E-state index contributed by atoms with van der Waals surface area (Å²) in [6.45, 7) is 0. The van der Waals surface area contributed by atoms with Crippen molar-refractivity contribution in [3.63, 3.8) is 0 Å². The van der Waals surface area contributed by atoms with E-state index in [0.717, 1.165) is 33.4 Å². The summed E-state index contributed by atoms with van der Waals surface area (Å²) in [5, 5.41) is 15.5. The lowest BCUT2D eigenvalue weighted by atomic mass is 9.90. The maximum Gasteiger partial charge on any atom is 0.0998 e. The van der Waals surface area contributed by atoms with Gasteiger partial charge in [0.05, 0.1) is 11.6 Å². The maximum atomic E-state index is 10.4. The van der Waals surface area contributed by atoms with Gasteiger partial charge in [0.15, 0.2) is 0 Å². The first-order valence-corrected chi connectivity index (χ1v) is 16.9. The topological polar surface area (TPSA) is 23.8 Å². The highest BCUT2D eigenvalue weighted by Gasteiger charge is 2.14. The molecule has 214 valence electrons. The first-order valence-electron chi connectivity index (χ1n) is 15.3. The van der Waals surface area contributed by atoms with Gasteiger partial charge >= 0.3 is 0 Å². The third-order valence-corrected chi connectivity index (χ3v) is 11.2. The van der Waals surface area contributed by atoms with E-state index in [0.29, 0.717) is 5.56 Å². The Kier molecular flexibility index (Phi) is 6.31. The lowest BCUT2D eigenvalue weighted by Crippen LogP contribution is -1.90. The molecule has 0 aliphatic carbocycles. The van der Waals surface area contributed by atoms with Crippen molar-refractivity contribution in [2.45, 2.75) is 0 Å². The van der Waals surface area contributed by atoms with Crippen LogP contribution in [0.25, 0.3) is 84.9 Å². The number of benzene rings is 7. The highest BCUT2D eigenvalue weighted by atomic mass is 32.1. The van der Waals surface area contributed by atoms with Crippen LogP contribution in [0.5, 0.6) is 0 Å². The smallest absolute Gasteiger partial charge is 0.0998 e. The fraction of sp³-hybridized carbons (Fsp3) is 0. The lowest BCUT2D eigenvalue weighted by molar-refractivity contribution is 1.47. The minimum atomic E-state index is 0.669. The van der Waals surface area contributed by atoms with Gasteiger partial charge in [-0.3, -0.25) is 0 Å². The first kappa shape index (κ1) is 26.8. The Labute approximate surface area is 274 Å². The molecule has 0 saturated carbocycles. The summed E-state index contributed by atoms with van der Waals surface area (Å²) in [7, 11) is 0. The van der Waals surface area contributed by atoms with Crippen molar-refractivity contribution < 1.29 is 0 Å². The van der Waals surface area contributed by atoms with Crippen LogP contribution in [0.3, 0.4) is 0 Å². The highest BCUT2D eigenvalue weighted by molar-refractivity contribution is 7.26.